The summed E-state index contributed by atoms with van der Waals surface area (Å²) in [5.41, 5.74) is 0.459. The number of amides is 1. The zero-order valence-electron chi connectivity index (χ0n) is 9.56. The van der Waals surface area contributed by atoms with Gasteiger partial charge in [-0.2, -0.15) is 0 Å². The molecule has 0 spiro atoms. The molecule has 5 nitrogen and oxygen atoms in total. The lowest BCUT2D eigenvalue weighted by molar-refractivity contribution is -0.134. The molecule has 0 aliphatic rings. The highest BCUT2D eigenvalue weighted by Gasteiger charge is 2.08. The van der Waals surface area contributed by atoms with E-state index in [-0.39, 0.29) is 5.70 Å². The molecule has 0 heterocycles. The van der Waals surface area contributed by atoms with Crippen LogP contribution in [0.3, 0.4) is 0 Å². The highest BCUT2D eigenvalue weighted by Crippen LogP contribution is 2.14. The van der Waals surface area contributed by atoms with E-state index in [2.05, 4.69) is 5.32 Å². The maximum absolute atomic E-state index is 10.9. The van der Waals surface area contributed by atoms with Crippen molar-refractivity contribution in [2.45, 2.75) is 6.92 Å². The number of carboxylic acids is 1. The van der Waals surface area contributed by atoms with Gasteiger partial charge in [0, 0.05) is 6.92 Å². The number of methoxy groups -OCH3 is 1. The van der Waals surface area contributed by atoms with E-state index >= 15 is 0 Å². The van der Waals surface area contributed by atoms with Crippen LogP contribution in [-0.2, 0) is 9.59 Å². The third-order valence-corrected chi connectivity index (χ3v) is 1.95. The monoisotopic (exact) mass is 235 g/mol. The minimum Gasteiger partial charge on any atom is -0.497 e. The van der Waals surface area contributed by atoms with Gasteiger partial charge >= 0.3 is 5.97 Å². The van der Waals surface area contributed by atoms with Crippen LogP contribution in [-0.4, -0.2) is 24.1 Å². The predicted octanol–water partition coefficient (Wildman–Crippen LogP) is 1.26. The summed E-state index contributed by atoms with van der Waals surface area (Å²) in [6.45, 7) is 1.25. The lowest BCUT2D eigenvalue weighted by Gasteiger charge is -2.04. The first-order valence-electron chi connectivity index (χ1n) is 4.89. The highest BCUT2D eigenvalue weighted by molar-refractivity contribution is 5.96. The Bertz CT molecular complexity index is 465. The first-order valence-corrected chi connectivity index (χ1v) is 4.89. The lowest BCUT2D eigenvalue weighted by Crippen LogP contribution is -2.24. The number of hydrogen-bond donors (Lipinski definition) is 2. The van der Waals surface area contributed by atoms with Crippen molar-refractivity contribution in [2.75, 3.05) is 7.11 Å². The number of carbonyl (C=O) groups is 2. The van der Waals surface area contributed by atoms with Gasteiger partial charge in [-0.05, 0) is 23.8 Å². The molecule has 0 unspecified atom stereocenters. The number of aliphatic carboxylic acids is 1. The number of hydrogen-bond acceptors (Lipinski definition) is 3. The average molecular weight is 235 g/mol. The fourth-order valence-electron chi connectivity index (χ4n) is 1.24. The normalized spacial score (nSPS) is 10.8. The van der Waals surface area contributed by atoms with Crippen molar-refractivity contribution >= 4 is 18.0 Å². The van der Waals surface area contributed by atoms with Crippen LogP contribution in [0, 0.1) is 0 Å². The topological polar surface area (TPSA) is 75.6 Å². The van der Waals surface area contributed by atoms with E-state index in [0.29, 0.717) is 11.3 Å². The fourth-order valence-corrected chi connectivity index (χ4v) is 1.24. The molecule has 0 radical (unpaired) electrons. The van der Waals surface area contributed by atoms with Gasteiger partial charge in [-0.3, -0.25) is 4.79 Å². The second-order valence-electron chi connectivity index (χ2n) is 3.32. The number of benzene rings is 1. The molecule has 0 atom stereocenters. The van der Waals surface area contributed by atoms with E-state index in [1.54, 1.807) is 24.3 Å². The summed E-state index contributed by atoms with van der Waals surface area (Å²) in [5, 5.41) is 11.1. The van der Waals surface area contributed by atoms with Crippen LogP contribution in [0.5, 0.6) is 5.75 Å². The molecular formula is C12H13NO4. The highest BCUT2D eigenvalue weighted by atomic mass is 16.5. The first kappa shape index (κ1) is 12.8. The summed E-state index contributed by atoms with van der Waals surface area (Å²) in [4.78, 5) is 21.7. The van der Waals surface area contributed by atoms with Gasteiger partial charge in [0.15, 0.2) is 0 Å². The Morgan fingerprint density at radius 2 is 2.12 bits per heavy atom. The van der Waals surface area contributed by atoms with Gasteiger partial charge in [0.2, 0.25) is 5.91 Å². The molecule has 0 aromatic heterocycles. The molecule has 0 bridgehead atoms. The molecule has 1 aromatic rings. The maximum atomic E-state index is 10.9. The number of carboxylic acid groups (broad SMARTS) is 1. The number of ether oxygens (including phenoxy) is 1. The molecule has 17 heavy (non-hydrogen) atoms. The van der Waals surface area contributed by atoms with Crippen molar-refractivity contribution in [3.8, 4) is 5.75 Å². The van der Waals surface area contributed by atoms with Crippen molar-refractivity contribution in [2.24, 2.45) is 0 Å². The van der Waals surface area contributed by atoms with Crippen molar-refractivity contribution < 1.29 is 19.4 Å². The quantitative estimate of drug-likeness (QED) is 0.770. The van der Waals surface area contributed by atoms with Crippen LogP contribution in [0.25, 0.3) is 6.08 Å². The SMILES string of the molecule is COc1cccc(/C=C(/NC(C)=O)C(=O)O)c1. The number of carbonyl (C=O) groups excluding carboxylic acids is 1. The van der Waals surface area contributed by atoms with Crippen LogP contribution >= 0.6 is 0 Å². The van der Waals surface area contributed by atoms with Crippen molar-refractivity contribution in [3.05, 3.63) is 35.5 Å². The van der Waals surface area contributed by atoms with Crippen LogP contribution in [0.4, 0.5) is 0 Å². The fraction of sp³-hybridized carbons (Fsp3) is 0.167. The lowest BCUT2D eigenvalue weighted by atomic mass is 10.2. The zero-order chi connectivity index (χ0) is 12.8. The predicted molar refractivity (Wildman–Crippen MR) is 62.4 cm³/mol. The second-order valence-corrected chi connectivity index (χ2v) is 3.32. The van der Waals surface area contributed by atoms with Crippen LogP contribution < -0.4 is 10.1 Å². The number of nitrogens with one attached hydrogen (secondary N) is 1. The summed E-state index contributed by atoms with van der Waals surface area (Å²) in [7, 11) is 1.52. The summed E-state index contributed by atoms with van der Waals surface area (Å²) in [5.74, 6) is -1.00. The zero-order valence-corrected chi connectivity index (χ0v) is 9.56. The smallest absolute Gasteiger partial charge is 0.352 e. The Morgan fingerprint density at radius 1 is 1.41 bits per heavy atom. The molecule has 0 aliphatic carbocycles. The van der Waals surface area contributed by atoms with Gasteiger partial charge in [-0.25, -0.2) is 4.79 Å². The molecule has 2 N–H and O–H groups in total. The minimum atomic E-state index is -1.19. The van der Waals surface area contributed by atoms with Crippen molar-refractivity contribution in [1.82, 2.24) is 5.32 Å². The Morgan fingerprint density at radius 3 is 2.65 bits per heavy atom. The molecule has 5 heteroatoms. The summed E-state index contributed by atoms with van der Waals surface area (Å²) >= 11 is 0. The first-order chi connectivity index (χ1) is 8.02. The molecule has 90 valence electrons. The number of rotatable bonds is 4. The van der Waals surface area contributed by atoms with E-state index < -0.39 is 11.9 Å². The van der Waals surface area contributed by atoms with Gasteiger partial charge in [-0.1, -0.05) is 12.1 Å². The van der Waals surface area contributed by atoms with Crippen LogP contribution in [0.15, 0.2) is 30.0 Å². The standard InChI is InChI=1S/C12H13NO4/c1-8(14)13-11(12(15)16)7-9-4-3-5-10(6-9)17-2/h3-7H,1-2H3,(H,13,14)(H,15,16)/b11-7+. The molecule has 1 amide bonds. The Labute approximate surface area is 98.7 Å². The van der Waals surface area contributed by atoms with Crippen molar-refractivity contribution in [3.63, 3.8) is 0 Å². The third kappa shape index (κ3) is 3.98. The van der Waals surface area contributed by atoms with Crippen LogP contribution in [0.1, 0.15) is 12.5 Å². The summed E-state index contributed by atoms with van der Waals surface area (Å²) in [6, 6.07) is 6.87. The van der Waals surface area contributed by atoms with E-state index in [1.165, 1.54) is 20.1 Å². The Hall–Kier alpha value is -2.30. The Kier molecular flexibility index (Phi) is 4.28. The van der Waals surface area contributed by atoms with Gasteiger partial charge in [-0.15, -0.1) is 0 Å². The maximum Gasteiger partial charge on any atom is 0.352 e. The molecular weight excluding hydrogens is 222 g/mol. The average Bonchev–Trinajstić information content (AvgIpc) is 2.27. The van der Waals surface area contributed by atoms with E-state index in [9.17, 15) is 9.59 Å². The molecule has 1 rings (SSSR count). The van der Waals surface area contributed by atoms with E-state index in [4.69, 9.17) is 9.84 Å². The molecule has 0 saturated carbocycles. The minimum absolute atomic E-state index is 0.175. The third-order valence-electron chi connectivity index (χ3n) is 1.95. The van der Waals surface area contributed by atoms with Gasteiger partial charge < -0.3 is 15.2 Å². The van der Waals surface area contributed by atoms with Crippen molar-refractivity contribution in [1.29, 1.82) is 0 Å². The van der Waals surface area contributed by atoms with Gasteiger partial charge in [0.05, 0.1) is 7.11 Å². The van der Waals surface area contributed by atoms with Gasteiger partial charge in [0.25, 0.3) is 0 Å². The summed E-state index contributed by atoms with van der Waals surface area (Å²) in [6.07, 6.45) is 1.37. The molecule has 0 saturated heterocycles. The largest absolute Gasteiger partial charge is 0.497 e. The van der Waals surface area contributed by atoms with E-state index in [1.807, 2.05) is 0 Å². The van der Waals surface area contributed by atoms with Crippen LogP contribution in [0.2, 0.25) is 0 Å². The van der Waals surface area contributed by atoms with Gasteiger partial charge in [0.1, 0.15) is 11.4 Å². The molecule has 0 aliphatic heterocycles. The summed E-state index contributed by atoms with van der Waals surface area (Å²) < 4.78 is 5.01. The van der Waals surface area contributed by atoms with E-state index in [0.717, 1.165) is 0 Å². The Balaban J connectivity index is 3.03. The second kappa shape index (κ2) is 5.69. The molecule has 0 fully saturated rings. The molecule has 1 aromatic carbocycles.